The molecule has 9 nitrogen and oxygen atoms in total. The third kappa shape index (κ3) is 5.33. The molecule has 1 aliphatic rings. The summed E-state index contributed by atoms with van der Waals surface area (Å²) in [6.07, 6.45) is -0.708. The van der Waals surface area contributed by atoms with Gasteiger partial charge in [-0.25, -0.2) is 14.6 Å². The molecule has 0 unspecified atom stereocenters. The van der Waals surface area contributed by atoms with Crippen LogP contribution in [0.15, 0.2) is 48.5 Å². The zero-order valence-electron chi connectivity index (χ0n) is 19.0. The predicted octanol–water partition coefficient (Wildman–Crippen LogP) is 3.06. The largest absolute Gasteiger partial charge is 0.480 e. The van der Waals surface area contributed by atoms with Crippen molar-refractivity contribution < 1.29 is 29.3 Å². The average molecular weight is 496 g/mol. The molecule has 1 atom stereocenters. The average Bonchev–Trinajstić information content (AvgIpc) is 3.38. The fraction of sp³-hybridized carbons (Fsp3) is 0.280. The summed E-state index contributed by atoms with van der Waals surface area (Å²) in [6.45, 7) is 1.56. The molecular weight excluding hydrogens is 470 g/mol. The number of aliphatic hydroxyl groups excluding tert-OH is 1. The number of ether oxygens (including phenoxy) is 1. The molecule has 0 saturated carbocycles. The van der Waals surface area contributed by atoms with Gasteiger partial charge in [-0.3, -0.25) is 4.79 Å². The fourth-order valence-corrected chi connectivity index (χ4v) is 5.02. The molecular formula is C25H25N3O6S. The van der Waals surface area contributed by atoms with Gasteiger partial charge in [0.15, 0.2) is 0 Å². The number of fused-ring (bicyclic) bond motifs is 3. The van der Waals surface area contributed by atoms with Gasteiger partial charge in [0, 0.05) is 23.8 Å². The number of benzene rings is 2. The second-order valence-corrected chi connectivity index (χ2v) is 9.36. The molecule has 4 N–H and O–H groups in total. The van der Waals surface area contributed by atoms with Crippen molar-refractivity contribution >= 4 is 29.3 Å². The molecule has 10 heteroatoms. The van der Waals surface area contributed by atoms with E-state index in [2.05, 4.69) is 27.8 Å². The van der Waals surface area contributed by atoms with Crippen molar-refractivity contribution in [3.8, 4) is 11.1 Å². The van der Waals surface area contributed by atoms with Gasteiger partial charge in [-0.05, 0) is 29.2 Å². The standard InChI is InChI=1S/C25H25N3O6S/c1-14-22(23(30)27-20(10-11-29)24(31)32)28-21(35-14)12-26-25(33)34-13-19-17-8-4-2-6-15(17)16-7-3-5-9-18(16)19/h2-9,19-20,29H,10-13H2,1H3,(H,26,33)(H,27,30)(H,31,32)/t20-/m0/s1. The normalized spacial score (nSPS) is 13.0. The summed E-state index contributed by atoms with van der Waals surface area (Å²) in [5.74, 6) is -1.93. The molecule has 35 heavy (non-hydrogen) atoms. The molecule has 1 heterocycles. The van der Waals surface area contributed by atoms with E-state index >= 15 is 0 Å². The van der Waals surface area contributed by atoms with E-state index in [-0.39, 0.29) is 37.8 Å². The maximum Gasteiger partial charge on any atom is 0.407 e. The van der Waals surface area contributed by atoms with Gasteiger partial charge in [0.25, 0.3) is 5.91 Å². The number of nitrogens with one attached hydrogen (secondary N) is 2. The van der Waals surface area contributed by atoms with Gasteiger partial charge < -0.3 is 25.6 Å². The number of carboxylic acids is 1. The Bertz CT molecular complexity index is 1210. The molecule has 1 aromatic heterocycles. The molecule has 0 saturated heterocycles. The first-order chi connectivity index (χ1) is 16.9. The lowest BCUT2D eigenvalue weighted by Crippen LogP contribution is -2.41. The van der Waals surface area contributed by atoms with Gasteiger partial charge in [0.05, 0.1) is 6.54 Å². The van der Waals surface area contributed by atoms with E-state index in [1.165, 1.54) is 11.3 Å². The van der Waals surface area contributed by atoms with Crippen LogP contribution in [0.4, 0.5) is 4.79 Å². The molecule has 0 spiro atoms. The molecule has 3 aromatic rings. The Balaban J connectivity index is 1.34. The number of rotatable bonds is 9. The molecule has 182 valence electrons. The van der Waals surface area contributed by atoms with Gasteiger partial charge >= 0.3 is 12.1 Å². The van der Waals surface area contributed by atoms with Crippen LogP contribution in [0.25, 0.3) is 11.1 Å². The van der Waals surface area contributed by atoms with Crippen molar-refractivity contribution in [3.63, 3.8) is 0 Å². The van der Waals surface area contributed by atoms with Gasteiger partial charge in [-0.1, -0.05) is 48.5 Å². The number of amides is 2. The molecule has 0 radical (unpaired) electrons. The smallest absolute Gasteiger partial charge is 0.407 e. The number of hydrogen-bond acceptors (Lipinski definition) is 7. The van der Waals surface area contributed by atoms with E-state index < -0.39 is 24.0 Å². The number of carbonyl (C=O) groups excluding carboxylic acids is 2. The summed E-state index contributed by atoms with van der Waals surface area (Å²) in [4.78, 5) is 40.9. The Hall–Kier alpha value is -3.76. The zero-order chi connectivity index (χ0) is 24.9. The summed E-state index contributed by atoms with van der Waals surface area (Å²) in [5.41, 5.74) is 4.61. The van der Waals surface area contributed by atoms with Crippen LogP contribution < -0.4 is 10.6 Å². The number of aryl methyl sites for hydroxylation is 1. The van der Waals surface area contributed by atoms with E-state index in [1.54, 1.807) is 6.92 Å². The van der Waals surface area contributed by atoms with Crippen molar-refractivity contribution in [2.45, 2.75) is 31.8 Å². The number of thiazole rings is 1. The van der Waals surface area contributed by atoms with Crippen molar-refractivity contribution in [2.24, 2.45) is 0 Å². The molecule has 2 aromatic carbocycles. The summed E-state index contributed by atoms with van der Waals surface area (Å²) >= 11 is 1.22. The first kappa shape index (κ1) is 24.4. The zero-order valence-corrected chi connectivity index (χ0v) is 19.8. The van der Waals surface area contributed by atoms with E-state index in [4.69, 9.17) is 14.9 Å². The first-order valence-electron chi connectivity index (χ1n) is 11.1. The SMILES string of the molecule is Cc1sc(CNC(=O)OCC2c3ccccc3-c3ccccc32)nc1C(=O)N[C@@H](CCO)C(=O)O. The quantitative estimate of drug-likeness (QED) is 0.358. The highest BCUT2D eigenvalue weighted by atomic mass is 32.1. The number of carboxylic acid groups (broad SMARTS) is 1. The number of carbonyl (C=O) groups is 3. The highest BCUT2D eigenvalue weighted by molar-refractivity contribution is 7.11. The van der Waals surface area contributed by atoms with E-state index in [1.807, 2.05) is 36.4 Å². The van der Waals surface area contributed by atoms with Crippen molar-refractivity contribution in [1.82, 2.24) is 15.6 Å². The van der Waals surface area contributed by atoms with Gasteiger partial charge in [-0.2, -0.15) is 0 Å². The van der Waals surface area contributed by atoms with E-state index in [0.717, 1.165) is 22.3 Å². The Kier molecular flexibility index (Phi) is 7.42. The Morgan fingerprint density at radius 1 is 1.09 bits per heavy atom. The topological polar surface area (TPSA) is 138 Å². The van der Waals surface area contributed by atoms with Gasteiger partial charge in [0.2, 0.25) is 0 Å². The lowest BCUT2D eigenvalue weighted by atomic mass is 9.98. The maximum absolute atomic E-state index is 12.4. The lowest BCUT2D eigenvalue weighted by Gasteiger charge is -2.14. The number of hydrogen-bond donors (Lipinski definition) is 4. The van der Waals surface area contributed by atoms with E-state index in [9.17, 15) is 14.4 Å². The monoisotopic (exact) mass is 495 g/mol. The second kappa shape index (κ2) is 10.7. The summed E-state index contributed by atoms with van der Waals surface area (Å²) in [7, 11) is 0. The van der Waals surface area contributed by atoms with Crippen molar-refractivity contribution in [2.75, 3.05) is 13.2 Å². The molecule has 0 bridgehead atoms. The van der Waals surface area contributed by atoms with Crippen LogP contribution in [-0.4, -0.2) is 52.4 Å². The number of nitrogens with zero attached hydrogens (tertiary/aromatic N) is 1. The Labute approximate surface area is 205 Å². The highest BCUT2D eigenvalue weighted by Gasteiger charge is 2.29. The minimum Gasteiger partial charge on any atom is -0.480 e. The highest BCUT2D eigenvalue weighted by Crippen LogP contribution is 2.44. The molecule has 0 fully saturated rings. The number of aliphatic hydroxyl groups is 1. The van der Waals surface area contributed by atoms with Crippen molar-refractivity contribution in [1.29, 1.82) is 0 Å². The van der Waals surface area contributed by atoms with Crippen LogP contribution >= 0.6 is 11.3 Å². The summed E-state index contributed by atoms with van der Waals surface area (Å²) in [6, 6.07) is 14.9. The number of alkyl carbamates (subject to hydrolysis) is 1. The molecule has 0 aliphatic heterocycles. The first-order valence-corrected chi connectivity index (χ1v) is 11.9. The van der Waals surface area contributed by atoms with Crippen LogP contribution in [0.2, 0.25) is 0 Å². The second-order valence-electron chi connectivity index (χ2n) is 8.07. The van der Waals surface area contributed by atoms with E-state index in [0.29, 0.717) is 9.88 Å². The third-order valence-corrected chi connectivity index (χ3v) is 6.78. The van der Waals surface area contributed by atoms with Crippen LogP contribution in [-0.2, 0) is 16.1 Å². The third-order valence-electron chi connectivity index (χ3n) is 5.80. The van der Waals surface area contributed by atoms with Crippen LogP contribution in [0.3, 0.4) is 0 Å². The minimum atomic E-state index is -1.24. The van der Waals surface area contributed by atoms with Crippen LogP contribution in [0.5, 0.6) is 0 Å². The molecule has 2 amide bonds. The molecule has 1 aliphatic carbocycles. The van der Waals surface area contributed by atoms with Crippen LogP contribution in [0, 0.1) is 6.92 Å². The van der Waals surface area contributed by atoms with Crippen molar-refractivity contribution in [3.05, 3.63) is 75.2 Å². The Morgan fingerprint density at radius 2 is 1.71 bits per heavy atom. The minimum absolute atomic E-state index is 0.0494. The van der Waals surface area contributed by atoms with Crippen LogP contribution in [0.1, 0.15) is 43.8 Å². The lowest BCUT2D eigenvalue weighted by molar-refractivity contribution is -0.139. The number of aliphatic carboxylic acids is 1. The Morgan fingerprint density at radius 3 is 2.31 bits per heavy atom. The number of aromatic nitrogens is 1. The summed E-state index contributed by atoms with van der Waals surface area (Å²) in [5, 5.41) is 23.6. The van der Waals surface area contributed by atoms with Gasteiger partial charge in [0.1, 0.15) is 23.4 Å². The fourth-order valence-electron chi connectivity index (χ4n) is 4.15. The predicted molar refractivity (Wildman–Crippen MR) is 129 cm³/mol. The van der Waals surface area contributed by atoms with Gasteiger partial charge in [-0.15, -0.1) is 11.3 Å². The maximum atomic E-state index is 12.4. The summed E-state index contributed by atoms with van der Waals surface area (Å²) < 4.78 is 5.51. The molecule has 4 rings (SSSR count).